The monoisotopic (exact) mass is 461 g/mol. The minimum Gasteiger partial charge on any atom is -0.496 e. The Labute approximate surface area is 159 Å². The van der Waals surface area contributed by atoms with Crippen molar-refractivity contribution in [3.63, 3.8) is 0 Å². The molecule has 0 aliphatic carbocycles. The van der Waals surface area contributed by atoms with Gasteiger partial charge in [-0.1, -0.05) is 11.6 Å². The van der Waals surface area contributed by atoms with Gasteiger partial charge in [0.15, 0.2) is 11.5 Å². The van der Waals surface area contributed by atoms with Crippen molar-refractivity contribution in [3.05, 3.63) is 50.1 Å². The molecule has 2 aromatic rings. The van der Waals surface area contributed by atoms with Crippen LogP contribution in [0.5, 0.6) is 17.2 Å². The van der Waals surface area contributed by atoms with E-state index < -0.39 is 0 Å². The molecule has 1 N–H and O–H groups in total. The summed E-state index contributed by atoms with van der Waals surface area (Å²) in [6, 6.07) is 8.64. The third-order valence-electron chi connectivity index (χ3n) is 3.40. The lowest BCUT2D eigenvalue weighted by Gasteiger charge is -2.15. The average Bonchev–Trinajstić information content (AvgIpc) is 2.58. The van der Waals surface area contributed by atoms with Gasteiger partial charge in [-0.2, -0.15) is 0 Å². The van der Waals surface area contributed by atoms with Crippen LogP contribution in [0, 0.1) is 3.57 Å². The molecule has 0 aromatic heterocycles. The molecule has 24 heavy (non-hydrogen) atoms. The molecule has 0 bridgehead atoms. The molecule has 7 heteroatoms. The van der Waals surface area contributed by atoms with E-state index in [1.165, 1.54) is 0 Å². The highest BCUT2D eigenvalue weighted by Gasteiger charge is 2.14. The lowest BCUT2D eigenvalue weighted by Crippen LogP contribution is -2.24. The largest absolute Gasteiger partial charge is 0.496 e. The van der Waals surface area contributed by atoms with Gasteiger partial charge < -0.3 is 19.5 Å². The number of halogens is 2. The minimum atomic E-state index is -0.187. The number of hydrogen-bond donors (Lipinski definition) is 1. The average molecular weight is 462 g/mol. The smallest absolute Gasteiger partial charge is 0.252 e. The zero-order valence-corrected chi connectivity index (χ0v) is 16.4. The summed E-state index contributed by atoms with van der Waals surface area (Å²) in [4.78, 5) is 12.4. The van der Waals surface area contributed by atoms with Gasteiger partial charge in [0, 0.05) is 26.8 Å². The molecule has 5 nitrogen and oxygen atoms in total. The molecule has 0 atom stereocenters. The number of carbonyl (C=O) groups is 1. The van der Waals surface area contributed by atoms with Crippen molar-refractivity contribution < 1.29 is 19.0 Å². The molecule has 0 radical (unpaired) electrons. The number of benzene rings is 2. The second-order valence-corrected chi connectivity index (χ2v) is 6.42. The number of rotatable bonds is 6. The molecule has 2 aromatic carbocycles. The summed E-state index contributed by atoms with van der Waals surface area (Å²) in [5.74, 6) is 1.56. The Bertz CT molecular complexity index is 752. The first-order valence-corrected chi connectivity index (χ1v) is 8.48. The normalized spacial score (nSPS) is 10.2. The molecule has 0 saturated carbocycles. The van der Waals surface area contributed by atoms with Crippen LogP contribution in [0.4, 0.5) is 0 Å². The van der Waals surface area contributed by atoms with E-state index >= 15 is 0 Å². The van der Waals surface area contributed by atoms with E-state index in [-0.39, 0.29) is 5.91 Å². The van der Waals surface area contributed by atoms with Crippen molar-refractivity contribution >= 4 is 40.1 Å². The Morgan fingerprint density at radius 1 is 1.04 bits per heavy atom. The van der Waals surface area contributed by atoms with Crippen LogP contribution >= 0.6 is 34.2 Å². The maximum atomic E-state index is 12.4. The van der Waals surface area contributed by atoms with Crippen LogP contribution in [0.25, 0.3) is 0 Å². The molecule has 0 aliphatic heterocycles. The van der Waals surface area contributed by atoms with Crippen LogP contribution < -0.4 is 19.5 Å². The summed E-state index contributed by atoms with van der Waals surface area (Å²) in [5, 5.41) is 3.47. The molecule has 0 fully saturated rings. The maximum absolute atomic E-state index is 12.4. The predicted molar refractivity (Wildman–Crippen MR) is 101 cm³/mol. The van der Waals surface area contributed by atoms with Gasteiger partial charge in [-0.3, -0.25) is 4.79 Å². The zero-order chi connectivity index (χ0) is 17.7. The van der Waals surface area contributed by atoms with E-state index in [0.29, 0.717) is 34.4 Å². The molecular formula is C17H17ClINO4. The predicted octanol–water partition coefficient (Wildman–Crippen LogP) is 3.90. The molecule has 0 aliphatic rings. The Hall–Kier alpha value is -1.67. The second-order valence-electron chi connectivity index (χ2n) is 4.83. The van der Waals surface area contributed by atoms with E-state index in [9.17, 15) is 4.79 Å². The van der Waals surface area contributed by atoms with Gasteiger partial charge in [0.25, 0.3) is 5.91 Å². The fraction of sp³-hybridized carbons (Fsp3) is 0.235. The second kappa shape index (κ2) is 8.43. The van der Waals surface area contributed by atoms with Gasteiger partial charge >= 0.3 is 0 Å². The summed E-state index contributed by atoms with van der Waals surface area (Å²) < 4.78 is 16.7. The molecule has 0 saturated heterocycles. The number of amides is 1. The number of nitrogens with one attached hydrogen (secondary N) is 1. The van der Waals surface area contributed by atoms with E-state index in [1.54, 1.807) is 51.7 Å². The van der Waals surface area contributed by atoms with Gasteiger partial charge in [0.1, 0.15) is 5.75 Å². The summed E-state index contributed by atoms with van der Waals surface area (Å²) in [5.41, 5.74) is 1.35. The molecule has 0 spiro atoms. The van der Waals surface area contributed by atoms with Gasteiger partial charge in [-0.15, -0.1) is 0 Å². The fourth-order valence-electron chi connectivity index (χ4n) is 2.17. The fourth-order valence-corrected chi connectivity index (χ4v) is 3.29. The molecule has 0 heterocycles. The van der Waals surface area contributed by atoms with Crippen molar-refractivity contribution in [2.45, 2.75) is 6.54 Å². The Morgan fingerprint density at radius 3 is 2.25 bits per heavy atom. The third-order valence-corrected chi connectivity index (χ3v) is 4.53. The summed E-state index contributed by atoms with van der Waals surface area (Å²) in [7, 11) is 4.68. The van der Waals surface area contributed by atoms with E-state index in [4.69, 9.17) is 25.8 Å². The minimum absolute atomic E-state index is 0.187. The molecule has 0 unspecified atom stereocenters. The van der Waals surface area contributed by atoms with E-state index in [0.717, 1.165) is 9.13 Å². The van der Waals surface area contributed by atoms with Crippen molar-refractivity contribution in [1.29, 1.82) is 0 Å². The van der Waals surface area contributed by atoms with Crippen LogP contribution in [-0.2, 0) is 6.54 Å². The summed E-state index contributed by atoms with van der Waals surface area (Å²) in [6.45, 7) is 0.293. The molecule has 1 amide bonds. The van der Waals surface area contributed by atoms with E-state index in [1.807, 2.05) is 0 Å². The third kappa shape index (κ3) is 4.24. The molecule has 128 valence electrons. The highest BCUT2D eigenvalue weighted by Crippen LogP contribution is 2.34. The van der Waals surface area contributed by atoms with Gasteiger partial charge in [-0.05, 0) is 46.9 Å². The van der Waals surface area contributed by atoms with Crippen LogP contribution in [0.3, 0.4) is 0 Å². The van der Waals surface area contributed by atoms with E-state index in [2.05, 4.69) is 27.9 Å². The van der Waals surface area contributed by atoms with Gasteiger partial charge in [0.2, 0.25) is 0 Å². The molecule has 2 rings (SSSR count). The van der Waals surface area contributed by atoms with Crippen molar-refractivity contribution in [3.8, 4) is 17.2 Å². The lowest BCUT2D eigenvalue weighted by atomic mass is 10.1. The zero-order valence-electron chi connectivity index (χ0n) is 13.5. The summed E-state index contributed by atoms with van der Waals surface area (Å²) in [6.07, 6.45) is 0. The van der Waals surface area contributed by atoms with Gasteiger partial charge in [0.05, 0.1) is 26.9 Å². The lowest BCUT2D eigenvalue weighted by molar-refractivity contribution is 0.0949. The highest BCUT2D eigenvalue weighted by molar-refractivity contribution is 14.1. The topological polar surface area (TPSA) is 56.8 Å². The van der Waals surface area contributed by atoms with Crippen molar-refractivity contribution in [1.82, 2.24) is 5.32 Å². The molecular weight excluding hydrogens is 445 g/mol. The maximum Gasteiger partial charge on any atom is 0.252 e. The Morgan fingerprint density at radius 2 is 1.67 bits per heavy atom. The number of ether oxygens (including phenoxy) is 3. The number of methoxy groups -OCH3 is 3. The SMILES string of the molecule is COc1cc(OC)c(OC)cc1CNC(=O)c1ccc(Cl)cc1I. The van der Waals surface area contributed by atoms with Crippen LogP contribution in [-0.4, -0.2) is 27.2 Å². The van der Waals surface area contributed by atoms with Crippen LogP contribution in [0.2, 0.25) is 5.02 Å². The Balaban J connectivity index is 2.20. The first kappa shape index (κ1) is 18.7. The highest BCUT2D eigenvalue weighted by atomic mass is 127. The Kier molecular flexibility index (Phi) is 6.56. The quantitative estimate of drug-likeness (QED) is 0.663. The summed E-state index contributed by atoms with van der Waals surface area (Å²) >= 11 is 8.00. The van der Waals surface area contributed by atoms with Crippen LogP contribution in [0.15, 0.2) is 30.3 Å². The first-order valence-electron chi connectivity index (χ1n) is 7.02. The standard InChI is InChI=1S/C17H17ClINO4/c1-22-14-8-16(24-3)15(23-2)6-10(14)9-20-17(21)12-5-4-11(18)7-13(12)19/h4-8H,9H2,1-3H3,(H,20,21). The first-order chi connectivity index (χ1) is 11.5. The van der Waals surface area contributed by atoms with Crippen molar-refractivity contribution in [2.75, 3.05) is 21.3 Å². The van der Waals surface area contributed by atoms with Crippen LogP contribution in [0.1, 0.15) is 15.9 Å². The van der Waals surface area contributed by atoms with Crippen molar-refractivity contribution in [2.24, 2.45) is 0 Å². The van der Waals surface area contributed by atoms with Gasteiger partial charge in [-0.25, -0.2) is 0 Å². The number of carbonyl (C=O) groups excluding carboxylic acids is 1. The number of hydrogen-bond acceptors (Lipinski definition) is 4.